The summed E-state index contributed by atoms with van der Waals surface area (Å²) in [6.45, 7) is 1.99. The fourth-order valence-electron chi connectivity index (χ4n) is 1.98. The van der Waals surface area contributed by atoms with Crippen molar-refractivity contribution >= 4 is 17.3 Å². The van der Waals surface area contributed by atoms with Crippen LogP contribution in [0.15, 0.2) is 48.8 Å². The van der Waals surface area contributed by atoms with Gasteiger partial charge in [-0.1, -0.05) is 29.8 Å². The second-order valence-corrected chi connectivity index (χ2v) is 5.61. The fraction of sp³-hybridized carbons (Fsp3) is 0.0625. The largest absolute Gasteiger partial charge is 0.477 e. The minimum atomic E-state index is -0.960. The molecule has 0 fully saturated rings. The maximum Gasteiger partial charge on any atom is 0.348 e. The molecule has 3 rings (SSSR count). The first-order valence-corrected chi connectivity index (χ1v) is 7.18. The van der Waals surface area contributed by atoms with Crippen LogP contribution in [0, 0.1) is 6.92 Å². The topological polar surface area (TPSA) is 63.1 Å². The normalized spacial score (nSPS) is 10.5. The Morgan fingerprint density at radius 3 is 2.52 bits per heavy atom. The highest BCUT2D eigenvalue weighted by molar-refractivity contribution is 7.17. The molecule has 5 heteroatoms. The third-order valence-electron chi connectivity index (χ3n) is 3.05. The van der Waals surface area contributed by atoms with E-state index in [0.717, 1.165) is 16.7 Å². The summed E-state index contributed by atoms with van der Waals surface area (Å²) in [5.74, 6) is -0.960. The average Bonchev–Trinajstić information content (AvgIpc) is 2.94. The second-order valence-electron chi connectivity index (χ2n) is 4.61. The number of carbonyl (C=O) groups is 1. The van der Waals surface area contributed by atoms with Crippen LogP contribution in [0.25, 0.3) is 21.8 Å². The van der Waals surface area contributed by atoms with Gasteiger partial charge in [0.15, 0.2) is 0 Å². The van der Waals surface area contributed by atoms with Crippen molar-refractivity contribution in [2.24, 2.45) is 0 Å². The average molecular weight is 296 g/mol. The zero-order valence-corrected chi connectivity index (χ0v) is 12.1. The van der Waals surface area contributed by atoms with Crippen LogP contribution in [-0.2, 0) is 0 Å². The molecule has 1 N–H and O–H groups in total. The lowest BCUT2D eigenvalue weighted by molar-refractivity contribution is 0.0702. The number of hydrogen-bond acceptors (Lipinski definition) is 4. The molecule has 3 aromatic rings. The third-order valence-corrected chi connectivity index (χ3v) is 4.15. The maximum absolute atomic E-state index is 11.5. The summed E-state index contributed by atoms with van der Waals surface area (Å²) in [4.78, 5) is 20.3. The van der Waals surface area contributed by atoms with Gasteiger partial charge >= 0.3 is 5.97 Å². The highest BCUT2D eigenvalue weighted by Gasteiger charge is 2.19. The summed E-state index contributed by atoms with van der Waals surface area (Å²) in [6, 6.07) is 11.4. The van der Waals surface area contributed by atoms with Gasteiger partial charge in [0.05, 0.1) is 5.69 Å². The van der Waals surface area contributed by atoms with Crippen LogP contribution < -0.4 is 0 Å². The number of thiazole rings is 1. The molecule has 0 unspecified atom stereocenters. The Labute approximate surface area is 125 Å². The van der Waals surface area contributed by atoms with Crippen molar-refractivity contribution in [3.8, 4) is 21.8 Å². The van der Waals surface area contributed by atoms with Crippen molar-refractivity contribution in [1.29, 1.82) is 0 Å². The molecule has 0 saturated carbocycles. The molecule has 0 spiro atoms. The van der Waals surface area contributed by atoms with Gasteiger partial charge in [-0.05, 0) is 19.1 Å². The minimum absolute atomic E-state index is 0.248. The van der Waals surface area contributed by atoms with E-state index in [-0.39, 0.29) is 4.88 Å². The van der Waals surface area contributed by atoms with Gasteiger partial charge in [0.1, 0.15) is 9.88 Å². The van der Waals surface area contributed by atoms with Gasteiger partial charge in [0.2, 0.25) is 0 Å². The number of rotatable bonds is 3. The molecule has 21 heavy (non-hydrogen) atoms. The Morgan fingerprint density at radius 1 is 1.14 bits per heavy atom. The van der Waals surface area contributed by atoms with Crippen molar-refractivity contribution in [2.75, 3.05) is 0 Å². The van der Waals surface area contributed by atoms with Crippen molar-refractivity contribution < 1.29 is 9.90 Å². The molecule has 0 aliphatic heterocycles. The highest BCUT2D eigenvalue weighted by Crippen LogP contribution is 2.33. The standard InChI is InChI=1S/C16H12N2O2S/c1-10-4-6-11(7-5-10)13-14(16(19)20)21-15(18-13)12-3-2-8-17-9-12/h2-9H,1H3,(H,19,20). The summed E-state index contributed by atoms with van der Waals surface area (Å²) < 4.78 is 0. The molecular weight excluding hydrogens is 284 g/mol. The Balaban J connectivity index is 2.14. The van der Waals surface area contributed by atoms with E-state index < -0.39 is 5.97 Å². The van der Waals surface area contributed by atoms with E-state index in [1.807, 2.05) is 43.3 Å². The molecule has 2 heterocycles. The molecule has 0 aliphatic carbocycles. The van der Waals surface area contributed by atoms with Crippen molar-refractivity contribution in [1.82, 2.24) is 9.97 Å². The molecule has 104 valence electrons. The number of hydrogen-bond donors (Lipinski definition) is 1. The van der Waals surface area contributed by atoms with Crippen LogP contribution in [0.2, 0.25) is 0 Å². The molecule has 0 bridgehead atoms. The lowest BCUT2D eigenvalue weighted by Gasteiger charge is -1.99. The van der Waals surface area contributed by atoms with Crippen molar-refractivity contribution in [2.45, 2.75) is 6.92 Å². The third kappa shape index (κ3) is 2.68. The van der Waals surface area contributed by atoms with E-state index in [9.17, 15) is 9.90 Å². The lowest BCUT2D eigenvalue weighted by atomic mass is 10.1. The molecule has 4 nitrogen and oxygen atoms in total. The van der Waals surface area contributed by atoms with Crippen LogP contribution in [-0.4, -0.2) is 21.0 Å². The molecule has 0 radical (unpaired) electrons. The van der Waals surface area contributed by atoms with Gasteiger partial charge in [-0.2, -0.15) is 0 Å². The fourth-order valence-corrected chi connectivity index (χ4v) is 2.90. The zero-order valence-electron chi connectivity index (χ0n) is 11.3. The van der Waals surface area contributed by atoms with Crippen LogP contribution >= 0.6 is 11.3 Å². The summed E-state index contributed by atoms with van der Waals surface area (Å²) >= 11 is 1.17. The first kappa shape index (κ1) is 13.5. The predicted octanol–water partition coefficient (Wildman–Crippen LogP) is 3.88. The molecule has 0 atom stereocenters. The van der Waals surface area contributed by atoms with Crippen LogP contribution in [0.4, 0.5) is 0 Å². The number of pyridine rings is 1. The Hall–Kier alpha value is -2.53. The predicted molar refractivity (Wildman–Crippen MR) is 82.5 cm³/mol. The summed E-state index contributed by atoms with van der Waals surface area (Å²) in [5, 5.41) is 10.1. The van der Waals surface area contributed by atoms with Gasteiger partial charge in [0.25, 0.3) is 0 Å². The van der Waals surface area contributed by atoms with Crippen molar-refractivity contribution in [3.63, 3.8) is 0 Å². The van der Waals surface area contributed by atoms with Crippen LogP contribution in [0.1, 0.15) is 15.2 Å². The first-order chi connectivity index (χ1) is 10.1. The molecule has 2 aromatic heterocycles. The number of carboxylic acids is 1. The number of aromatic carboxylic acids is 1. The summed E-state index contributed by atoms with van der Waals surface area (Å²) in [7, 11) is 0. The van der Waals surface area contributed by atoms with Crippen LogP contribution in [0.3, 0.4) is 0 Å². The van der Waals surface area contributed by atoms with E-state index in [1.165, 1.54) is 11.3 Å². The maximum atomic E-state index is 11.5. The van der Waals surface area contributed by atoms with Gasteiger partial charge in [-0.25, -0.2) is 9.78 Å². The lowest BCUT2D eigenvalue weighted by Crippen LogP contribution is -1.95. The van der Waals surface area contributed by atoms with Crippen molar-refractivity contribution in [3.05, 3.63) is 59.2 Å². The Kier molecular flexibility index (Phi) is 3.50. The molecule has 0 aliphatic rings. The Morgan fingerprint density at radius 2 is 1.90 bits per heavy atom. The van der Waals surface area contributed by atoms with Gasteiger partial charge in [-0.3, -0.25) is 4.98 Å². The van der Waals surface area contributed by atoms with E-state index in [0.29, 0.717) is 10.7 Å². The molecule has 1 aromatic carbocycles. The van der Waals surface area contributed by atoms with E-state index in [1.54, 1.807) is 12.4 Å². The van der Waals surface area contributed by atoms with E-state index >= 15 is 0 Å². The Bertz CT molecular complexity index is 780. The summed E-state index contributed by atoms with van der Waals surface area (Å²) in [6.07, 6.45) is 3.36. The summed E-state index contributed by atoms with van der Waals surface area (Å²) in [5.41, 5.74) is 3.26. The van der Waals surface area contributed by atoms with Crippen LogP contribution in [0.5, 0.6) is 0 Å². The number of carboxylic acid groups (broad SMARTS) is 1. The molecule has 0 amide bonds. The van der Waals surface area contributed by atoms with E-state index in [4.69, 9.17) is 0 Å². The zero-order chi connectivity index (χ0) is 14.8. The minimum Gasteiger partial charge on any atom is -0.477 e. The SMILES string of the molecule is Cc1ccc(-c2nc(-c3cccnc3)sc2C(=O)O)cc1. The number of benzene rings is 1. The molecular formula is C16H12N2O2S. The second kappa shape index (κ2) is 5.46. The van der Waals surface area contributed by atoms with E-state index in [2.05, 4.69) is 9.97 Å². The number of nitrogens with zero attached hydrogens (tertiary/aromatic N) is 2. The van der Waals surface area contributed by atoms with Gasteiger partial charge in [-0.15, -0.1) is 11.3 Å². The monoisotopic (exact) mass is 296 g/mol. The smallest absolute Gasteiger partial charge is 0.348 e. The molecule has 0 saturated heterocycles. The van der Waals surface area contributed by atoms with Gasteiger partial charge in [0, 0.05) is 23.5 Å². The quantitative estimate of drug-likeness (QED) is 0.796. The number of aromatic nitrogens is 2. The number of aryl methyl sites for hydroxylation is 1. The first-order valence-electron chi connectivity index (χ1n) is 6.36. The highest BCUT2D eigenvalue weighted by atomic mass is 32.1. The van der Waals surface area contributed by atoms with Gasteiger partial charge < -0.3 is 5.11 Å².